The van der Waals surface area contributed by atoms with Crippen LogP contribution in [0.5, 0.6) is 5.75 Å². The second-order valence-corrected chi connectivity index (χ2v) is 9.39. The van der Waals surface area contributed by atoms with Crippen LogP contribution in [-0.4, -0.2) is 67.1 Å². The zero-order valence-corrected chi connectivity index (χ0v) is 20.6. The number of hydrogen-bond acceptors (Lipinski definition) is 4. The van der Waals surface area contributed by atoms with Crippen molar-refractivity contribution in [1.82, 2.24) is 9.80 Å². The maximum Gasteiger partial charge on any atom is 0.257 e. The lowest BCUT2D eigenvalue weighted by Crippen LogP contribution is -2.51. The van der Waals surface area contributed by atoms with Gasteiger partial charge in [0.15, 0.2) is 0 Å². The van der Waals surface area contributed by atoms with Crippen LogP contribution in [0.25, 0.3) is 0 Å². The van der Waals surface area contributed by atoms with Gasteiger partial charge in [0.1, 0.15) is 11.9 Å². The Labute approximate surface area is 199 Å². The average Bonchev–Trinajstić information content (AvgIpc) is 2.84. The molecule has 0 spiro atoms. The minimum atomic E-state index is -0.0936. The molecule has 0 bridgehead atoms. The van der Waals surface area contributed by atoms with Crippen LogP contribution in [-0.2, 0) is 9.53 Å². The normalized spacial score (nSPS) is 23.0. The predicted octanol–water partition coefficient (Wildman–Crippen LogP) is 5.06. The first kappa shape index (κ1) is 25.5. The maximum atomic E-state index is 13.5. The number of nitrogens with zero attached hydrogens (tertiary/aromatic N) is 2. The molecule has 0 saturated heterocycles. The Bertz CT molecular complexity index is 753. The van der Waals surface area contributed by atoms with Crippen molar-refractivity contribution in [2.75, 3.05) is 33.4 Å². The Kier molecular flexibility index (Phi) is 10.5. The quantitative estimate of drug-likeness (QED) is 0.619. The Hall–Kier alpha value is -2.08. The molecule has 0 radical (unpaired) electrons. The Morgan fingerprint density at radius 2 is 1.76 bits per heavy atom. The number of benzene rings is 1. The van der Waals surface area contributed by atoms with Crippen LogP contribution < -0.4 is 4.74 Å². The highest BCUT2D eigenvalue weighted by Crippen LogP contribution is 2.31. The standard InChI is InChI=1S/C27H42N2O4/c1-3-18-28-19-11-5-4-6-12-20-29(26(30)17-21-32-2)23-14-8-10-16-25(23)33-24-15-9-7-13-22(24)27(28)31/h7,9,13,15,23,25H,3-6,8,10-12,14,16-21H2,1-2H3/t23-,25+/m1/s1. The molecule has 2 atom stereocenters. The number of hydrogen-bond donors (Lipinski definition) is 0. The molecule has 1 saturated carbocycles. The number of carbonyl (C=O) groups is 2. The summed E-state index contributed by atoms with van der Waals surface area (Å²) in [5.41, 5.74) is 0.641. The summed E-state index contributed by atoms with van der Waals surface area (Å²) in [6.45, 7) is 4.89. The molecule has 1 fully saturated rings. The van der Waals surface area contributed by atoms with Gasteiger partial charge < -0.3 is 19.3 Å². The first-order chi connectivity index (χ1) is 16.2. The summed E-state index contributed by atoms with van der Waals surface area (Å²) in [6, 6.07) is 7.69. The summed E-state index contributed by atoms with van der Waals surface area (Å²) in [5.74, 6) is 0.863. The average molecular weight is 459 g/mol. The molecule has 1 heterocycles. The molecule has 1 aliphatic carbocycles. The van der Waals surface area contributed by atoms with Crippen LogP contribution in [0, 0.1) is 0 Å². The third kappa shape index (κ3) is 7.20. The first-order valence-corrected chi connectivity index (χ1v) is 13.0. The Balaban J connectivity index is 1.90. The largest absolute Gasteiger partial charge is 0.487 e. The minimum Gasteiger partial charge on any atom is -0.487 e. The van der Waals surface area contributed by atoms with E-state index >= 15 is 0 Å². The third-order valence-corrected chi connectivity index (χ3v) is 6.91. The number of para-hydroxylation sites is 1. The summed E-state index contributed by atoms with van der Waals surface area (Å²) in [4.78, 5) is 30.7. The van der Waals surface area contributed by atoms with Crippen molar-refractivity contribution in [1.29, 1.82) is 0 Å². The lowest BCUT2D eigenvalue weighted by molar-refractivity contribution is -0.137. The van der Waals surface area contributed by atoms with Gasteiger partial charge in [-0.3, -0.25) is 9.59 Å². The summed E-state index contributed by atoms with van der Waals surface area (Å²) in [6.07, 6.45) is 10.7. The van der Waals surface area contributed by atoms with Crippen LogP contribution in [0.2, 0.25) is 0 Å². The van der Waals surface area contributed by atoms with E-state index in [1.54, 1.807) is 7.11 Å². The number of methoxy groups -OCH3 is 1. The molecule has 0 aromatic heterocycles. The van der Waals surface area contributed by atoms with Crippen LogP contribution in [0.1, 0.15) is 87.9 Å². The van der Waals surface area contributed by atoms with E-state index < -0.39 is 0 Å². The van der Waals surface area contributed by atoms with Gasteiger partial charge in [-0.05, 0) is 50.7 Å². The van der Waals surface area contributed by atoms with Crippen LogP contribution >= 0.6 is 0 Å². The molecule has 1 aromatic carbocycles. The number of carbonyl (C=O) groups excluding carboxylic acids is 2. The van der Waals surface area contributed by atoms with E-state index in [0.29, 0.717) is 24.3 Å². The Morgan fingerprint density at radius 1 is 1.03 bits per heavy atom. The highest BCUT2D eigenvalue weighted by molar-refractivity contribution is 5.97. The highest BCUT2D eigenvalue weighted by atomic mass is 16.5. The van der Waals surface area contributed by atoms with Gasteiger partial charge in [0, 0.05) is 26.7 Å². The van der Waals surface area contributed by atoms with Gasteiger partial charge in [-0.15, -0.1) is 0 Å². The Morgan fingerprint density at radius 3 is 2.55 bits per heavy atom. The van der Waals surface area contributed by atoms with Crippen molar-refractivity contribution in [3.63, 3.8) is 0 Å². The van der Waals surface area contributed by atoms with E-state index in [1.807, 2.05) is 29.2 Å². The summed E-state index contributed by atoms with van der Waals surface area (Å²) < 4.78 is 11.8. The van der Waals surface area contributed by atoms with Gasteiger partial charge in [0.25, 0.3) is 5.91 Å². The first-order valence-electron chi connectivity index (χ1n) is 13.0. The topological polar surface area (TPSA) is 59.1 Å². The maximum absolute atomic E-state index is 13.5. The number of amides is 2. The van der Waals surface area contributed by atoms with Gasteiger partial charge in [-0.1, -0.05) is 44.7 Å². The van der Waals surface area contributed by atoms with E-state index in [4.69, 9.17) is 9.47 Å². The molecular formula is C27H42N2O4. The highest BCUT2D eigenvalue weighted by Gasteiger charge is 2.35. The number of fused-ring (bicyclic) bond motifs is 2. The van der Waals surface area contributed by atoms with Crippen LogP contribution in [0.15, 0.2) is 24.3 Å². The van der Waals surface area contributed by atoms with Crippen molar-refractivity contribution in [3.05, 3.63) is 29.8 Å². The van der Waals surface area contributed by atoms with Crippen molar-refractivity contribution in [2.45, 2.75) is 89.7 Å². The minimum absolute atomic E-state index is 0.0446. The third-order valence-electron chi connectivity index (χ3n) is 6.91. The molecule has 3 rings (SSSR count). The zero-order chi connectivity index (χ0) is 23.5. The van der Waals surface area contributed by atoms with E-state index in [1.165, 1.54) is 0 Å². The van der Waals surface area contributed by atoms with Crippen molar-refractivity contribution >= 4 is 11.8 Å². The molecule has 1 aromatic rings. The lowest BCUT2D eigenvalue weighted by atomic mass is 9.90. The summed E-state index contributed by atoms with van der Waals surface area (Å²) >= 11 is 0. The number of rotatable bonds is 5. The smallest absolute Gasteiger partial charge is 0.257 e. The molecule has 6 nitrogen and oxygen atoms in total. The monoisotopic (exact) mass is 458 g/mol. The zero-order valence-electron chi connectivity index (χ0n) is 20.6. The molecule has 184 valence electrons. The summed E-state index contributed by atoms with van der Waals surface area (Å²) in [7, 11) is 1.64. The number of ether oxygens (including phenoxy) is 2. The summed E-state index contributed by atoms with van der Waals surface area (Å²) in [5, 5.41) is 0. The van der Waals surface area contributed by atoms with E-state index in [0.717, 1.165) is 83.8 Å². The van der Waals surface area contributed by atoms with Gasteiger partial charge >= 0.3 is 0 Å². The molecule has 1 aliphatic heterocycles. The fourth-order valence-corrected chi connectivity index (χ4v) is 5.16. The van der Waals surface area contributed by atoms with Crippen LogP contribution in [0.3, 0.4) is 0 Å². The van der Waals surface area contributed by atoms with Gasteiger partial charge in [0.05, 0.1) is 24.6 Å². The van der Waals surface area contributed by atoms with Crippen molar-refractivity contribution in [2.24, 2.45) is 0 Å². The molecule has 33 heavy (non-hydrogen) atoms. The fraction of sp³-hybridized carbons (Fsp3) is 0.704. The van der Waals surface area contributed by atoms with Gasteiger partial charge in [0.2, 0.25) is 5.91 Å². The molecule has 6 heteroatoms. The second-order valence-electron chi connectivity index (χ2n) is 9.39. The van der Waals surface area contributed by atoms with Crippen molar-refractivity contribution < 1.29 is 19.1 Å². The van der Waals surface area contributed by atoms with Crippen LogP contribution in [0.4, 0.5) is 0 Å². The fourth-order valence-electron chi connectivity index (χ4n) is 5.16. The van der Waals surface area contributed by atoms with E-state index in [2.05, 4.69) is 11.8 Å². The molecule has 2 aliphatic rings. The van der Waals surface area contributed by atoms with E-state index in [9.17, 15) is 9.59 Å². The molecule has 2 amide bonds. The predicted molar refractivity (Wildman–Crippen MR) is 131 cm³/mol. The SMILES string of the molecule is CCCN1CCCCCCCN(C(=O)CCOC)[C@@H]2CCCC[C@@H]2Oc2ccccc2C1=O. The van der Waals surface area contributed by atoms with Crippen molar-refractivity contribution in [3.8, 4) is 5.75 Å². The van der Waals surface area contributed by atoms with E-state index in [-0.39, 0.29) is 24.0 Å². The molecule has 0 unspecified atom stereocenters. The lowest BCUT2D eigenvalue weighted by Gasteiger charge is -2.40. The second kappa shape index (κ2) is 13.6. The molecular weight excluding hydrogens is 416 g/mol. The van der Waals surface area contributed by atoms with Gasteiger partial charge in [-0.2, -0.15) is 0 Å². The molecule has 0 N–H and O–H groups in total. The van der Waals surface area contributed by atoms with Gasteiger partial charge in [-0.25, -0.2) is 0 Å².